The first-order valence-electron chi connectivity index (χ1n) is 9.94. The van der Waals surface area contributed by atoms with Crippen LogP contribution in [0.2, 0.25) is 0 Å². The average Bonchev–Trinajstić information content (AvgIpc) is 2.76. The number of rotatable bonds is 8. The molecule has 2 N–H and O–H groups in total. The number of fused-ring (bicyclic) bond motifs is 1. The molecule has 8 heteroatoms. The van der Waals surface area contributed by atoms with Gasteiger partial charge in [0.25, 0.3) is 5.56 Å². The van der Waals surface area contributed by atoms with E-state index < -0.39 is 0 Å². The van der Waals surface area contributed by atoms with Gasteiger partial charge in [-0.25, -0.2) is 0 Å². The van der Waals surface area contributed by atoms with Gasteiger partial charge in [0.05, 0.1) is 26.3 Å². The lowest BCUT2D eigenvalue weighted by atomic mass is 10.1. The second kappa shape index (κ2) is 10.3. The number of likely N-dealkylation sites (N-methyl/N-ethyl adjacent to an activating group) is 1. The molecule has 0 unspecified atom stereocenters. The fourth-order valence-corrected chi connectivity index (χ4v) is 3.40. The van der Waals surface area contributed by atoms with Crippen LogP contribution in [0.3, 0.4) is 0 Å². The van der Waals surface area contributed by atoms with Gasteiger partial charge < -0.3 is 29.6 Å². The van der Waals surface area contributed by atoms with Crippen LogP contribution < -0.4 is 20.3 Å². The van der Waals surface area contributed by atoms with E-state index in [-0.39, 0.29) is 5.56 Å². The Bertz CT molecular complexity index is 1100. The summed E-state index contributed by atoms with van der Waals surface area (Å²) in [5, 5.41) is 4.76. The van der Waals surface area contributed by atoms with Crippen molar-refractivity contribution in [3.05, 3.63) is 64.4 Å². The molecule has 0 atom stereocenters. The van der Waals surface area contributed by atoms with Crippen LogP contribution in [0.1, 0.15) is 5.56 Å². The molecule has 0 saturated carbocycles. The summed E-state index contributed by atoms with van der Waals surface area (Å²) >= 11 is 5.68. The van der Waals surface area contributed by atoms with Gasteiger partial charge in [-0.1, -0.05) is 0 Å². The first-order chi connectivity index (χ1) is 14.9. The van der Waals surface area contributed by atoms with Crippen molar-refractivity contribution < 1.29 is 9.47 Å². The number of aromatic nitrogens is 1. The Morgan fingerprint density at radius 3 is 2.32 bits per heavy atom. The van der Waals surface area contributed by atoms with E-state index in [1.807, 2.05) is 67.5 Å². The Kier molecular flexibility index (Phi) is 7.49. The Balaban J connectivity index is 1.83. The molecule has 0 bridgehead atoms. The summed E-state index contributed by atoms with van der Waals surface area (Å²) in [6.45, 7) is 1.87. The van der Waals surface area contributed by atoms with E-state index in [1.165, 1.54) is 0 Å². The quantitative estimate of drug-likeness (QED) is 0.521. The maximum Gasteiger partial charge on any atom is 0.253 e. The molecule has 0 aliphatic rings. The number of pyridine rings is 1. The van der Waals surface area contributed by atoms with Crippen LogP contribution >= 0.6 is 12.2 Å². The van der Waals surface area contributed by atoms with E-state index >= 15 is 0 Å². The van der Waals surface area contributed by atoms with E-state index in [2.05, 4.69) is 15.2 Å². The van der Waals surface area contributed by atoms with E-state index in [9.17, 15) is 4.79 Å². The number of hydrogen-bond acceptors (Lipinski definition) is 5. The van der Waals surface area contributed by atoms with Crippen molar-refractivity contribution in [1.29, 1.82) is 0 Å². The summed E-state index contributed by atoms with van der Waals surface area (Å²) < 4.78 is 10.5. The zero-order valence-electron chi connectivity index (χ0n) is 18.3. The van der Waals surface area contributed by atoms with Crippen molar-refractivity contribution in [3.8, 4) is 11.5 Å². The highest BCUT2D eigenvalue weighted by atomic mass is 32.1. The molecule has 7 nitrogen and oxygen atoms in total. The van der Waals surface area contributed by atoms with E-state index in [0.29, 0.717) is 29.5 Å². The third kappa shape index (κ3) is 5.96. The summed E-state index contributed by atoms with van der Waals surface area (Å²) in [6, 6.07) is 15.1. The van der Waals surface area contributed by atoms with Crippen LogP contribution in [-0.2, 0) is 6.54 Å². The molecule has 2 aromatic carbocycles. The van der Waals surface area contributed by atoms with Gasteiger partial charge in [0, 0.05) is 30.4 Å². The molecule has 3 rings (SSSR count). The number of ether oxygens (including phenoxy) is 2. The highest BCUT2D eigenvalue weighted by molar-refractivity contribution is 7.80. The Morgan fingerprint density at radius 2 is 1.68 bits per heavy atom. The SMILES string of the molecule is COc1ccc(NC(=S)N(CCN(C)C)Cc2cc3ccc(OC)cc3[nH]c2=O)cc1. The molecule has 31 heavy (non-hydrogen) atoms. The zero-order chi connectivity index (χ0) is 22.4. The molecule has 0 spiro atoms. The van der Waals surface area contributed by atoms with Gasteiger partial charge in [0.1, 0.15) is 11.5 Å². The summed E-state index contributed by atoms with van der Waals surface area (Å²) in [5.41, 5.74) is 2.12. The van der Waals surface area contributed by atoms with Crippen LogP contribution in [0.5, 0.6) is 11.5 Å². The maximum absolute atomic E-state index is 12.7. The van der Waals surface area contributed by atoms with Gasteiger partial charge in [-0.05, 0) is 74.2 Å². The zero-order valence-corrected chi connectivity index (χ0v) is 19.1. The van der Waals surface area contributed by atoms with Gasteiger partial charge in [-0.15, -0.1) is 0 Å². The number of aromatic amines is 1. The summed E-state index contributed by atoms with van der Waals surface area (Å²) in [4.78, 5) is 19.8. The third-order valence-corrected chi connectivity index (χ3v) is 5.30. The minimum absolute atomic E-state index is 0.136. The van der Waals surface area contributed by atoms with Crippen LogP contribution in [0.25, 0.3) is 10.9 Å². The van der Waals surface area contributed by atoms with Crippen LogP contribution in [0, 0.1) is 0 Å². The lowest BCUT2D eigenvalue weighted by molar-refractivity contribution is 0.327. The molecule has 164 valence electrons. The van der Waals surface area contributed by atoms with Gasteiger partial charge in [0.2, 0.25) is 0 Å². The van der Waals surface area contributed by atoms with E-state index in [0.717, 1.165) is 28.9 Å². The molecule has 1 heterocycles. The summed E-state index contributed by atoms with van der Waals surface area (Å²) in [6.07, 6.45) is 0. The molecule has 0 saturated heterocycles. The fourth-order valence-electron chi connectivity index (χ4n) is 3.13. The van der Waals surface area contributed by atoms with Crippen molar-refractivity contribution in [2.45, 2.75) is 6.54 Å². The largest absolute Gasteiger partial charge is 0.497 e. The van der Waals surface area contributed by atoms with Crippen LogP contribution in [0.4, 0.5) is 5.69 Å². The first-order valence-corrected chi connectivity index (χ1v) is 10.3. The molecule has 3 aromatic rings. The van der Waals surface area contributed by atoms with Gasteiger partial charge in [-0.3, -0.25) is 4.79 Å². The molecule has 0 aliphatic heterocycles. The first kappa shape index (κ1) is 22.6. The molecule has 0 amide bonds. The average molecular weight is 441 g/mol. The minimum atomic E-state index is -0.136. The lowest BCUT2D eigenvalue weighted by Crippen LogP contribution is -2.40. The number of thiocarbonyl (C=S) groups is 1. The number of hydrogen-bond donors (Lipinski definition) is 2. The number of nitrogens with zero attached hydrogens (tertiary/aromatic N) is 2. The Hall–Kier alpha value is -3.10. The highest BCUT2D eigenvalue weighted by Gasteiger charge is 2.14. The Labute approximate surface area is 187 Å². The van der Waals surface area contributed by atoms with Crippen molar-refractivity contribution >= 4 is 33.9 Å². The van der Waals surface area contributed by atoms with Crippen molar-refractivity contribution in [2.24, 2.45) is 0 Å². The predicted octanol–water partition coefficient (Wildman–Crippen LogP) is 3.31. The highest BCUT2D eigenvalue weighted by Crippen LogP contribution is 2.20. The maximum atomic E-state index is 12.7. The molecule has 0 aliphatic carbocycles. The third-order valence-electron chi connectivity index (χ3n) is 4.94. The number of methoxy groups -OCH3 is 2. The van der Waals surface area contributed by atoms with Crippen molar-refractivity contribution in [1.82, 2.24) is 14.8 Å². The van der Waals surface area contributed by atoms with Gasteiger partial charge >= 0.3 is 0 Å². The number of benzene rings is 2. The fraction of sp³-hybridized carbons (Fsp3) is 0.304. The second-order valence-electron chi connectivity index (χ2n) is 7.46. The predicted molar refractivity (Wildman–Crippen MR) is 129 cm³/mol. The molecule has 0 fully saturated rings. The summed E-state index contributed by atoms with van der Waals surface area (Å²) in [5.74, 6) is 1.48. The molecule has 1 aromatic heterocycles. The van der Waals surface area contributed by atoms with Gasteiger partial charge in [-0.2, -0.15) is 0 Å². The summed E-state index contributed by atoms with van der Waals surface area (Å²) in [7, 11) is 7.25. The Morgan fingerprint density at radius 1 is 1.00 bits per heavy atom. The second-order valence-corrected chi connectivity index (χ2v) is 7.85. The standard InChI is InChI=1S/C23H28N4O3S/c1-26(2)11-12-27(23(31)24-18-6-9-19(29-3)10-7-18)15-17-13-16-5-8-20(30-4)14-21(16)25-22(17)28/h5-10,13-14H,11-12,15H2,1-4H3,(H,24,31)(H,25,28). The number of nitrogens with one attached hydrogen (secondary N) is 2. The number of H-pyrrole nitrogens is 1. The van der Waals surface area contributed by atoms with Crippen molar-refractivity contribution in [3.63, 3.8) is 0 Å². The van der Waals surface area contributed by atoms with E-state index in [1.54, 1.807) is 14.2 Å². The minimum Gasteiger partial charge on any atom is -0.497 e. The topological polar surface area (TPSA) is 69.8 Å². The number of anilines is 1. The van der Waals surface area contributed by atoms with Crippen LogP contribution in [0.15, 0.2) is 53.3 Å². The molecule has 0 radical (unpaired) electrons. The smallest absolute Gasteiger partial charge is 0.253 e. The molecular formula is C23H28N4O3S. The lowest BCUT2D eigenvalue weighted by Gasteiger charge is -2.27. The normalized spacial score (nSPS) is 10.9. The van der Waals surface area contributed by atoms with E-state index in [4.69, 9.17) is 21.7 Å². The van der Waals surface area contributed by atoms with Crippen molar-refractivity contribution in [2.75, 3.05) is 46.7 Å². The van der Waals surface area contributed by atoms with Gasteiger partial charge in [0.15, 0.2) is 5.11 Å². The molecular weight excluding hydrogens is 412 g/mol. The monoisotopic (exact) mass is 440 g/mol. The van der Waals surface area contributed by atoms with Crippen LogP contribution in [-0.4, -0.2) is 61.3 Å².